The zero-order valence-corrected chi connectivity index (χ0v) is 11.2. The number of para-hydroxylation sites is 1. The van der Waals surface area contributed by atoms with Crippen LogP contribution in [-0.2, 0) is 6.42 Å². The first-order valence-electron chi connectivity index (χ1n) is 5.48. The minimum absolute atomic E-state index is 0.324. The Kier molecular flexibility index (Phi) is 3.92. The molecule has 0 aliphatic heterocycles. The molecule has 0 amide bonds. The number of benzene rings is 1. The molecule has 3 N–H and O–H groups in total. The van der Waals surface area contributed by atoms with Crippen LogP contribution in [0.2, 0.25) is 5.02 Å². The van der Waals surface area contributed by atoms with E-state index in [-0.39, 0.29) is 0 Å². The zero-order chi connectivity index (χ0) is 12.3. The molecule has 2 nitrogen and oxygen atoms in total. The highest BCUT2D eigenvalue weighted by atomic mass is 35.5. The van der Waals surface area contributed by atoms with Crippen molar-refractivity contribution < 1.29 is 0 Å². The van der Waals surface area contributed by atoms with Crippen LogP contribution < -0.4 is 11.1 Å². The standard InChI is InChI=1S/C13H15ClN2S/c1-9(7-10-5-6-17-8-10)16-12-4-2-3-11(14)13(12)15/h2-6,8-9,16H,7,15H2,1H3. The van der Waals surface area contributed by atoms with E-state index in [1.807, 2.05) is 12.1 Å². The first kappa shape index (κ1) is 12.3. The molecule has 0 radical (unpaired) electrons. The van der Waals surface area contributed by atoms with E-state index in [0.717, 1.165) is 12.1 Å². The van der Waals surface area contributed by atoms with E-state index in [4.69, 9.17) is 17.3 Å². The molecular weight excluding hydrogens is 252 g/mol. The monoisotopic (exact) mass is 266 g/mol. The van der Waals surface area contributed by atoms with Crippen molar-refractivity contribution in [2.45, 2.75) is 19.4 Å². The van der Waals surface area contributed by atoms with Crippen LogP contribution in [0.1, 0.15) is 12.5 Å². The molecule has 4 heteroatoms. The highest BCUT2D eigenvalue weighted by molar-refractivity contribution is 7.07. The third kappa shape index (κ3) is 3.14. The van der Waals surface area contributed by atoms with Crippen LogP contribution >= 0.6 is 22.9 Å². The number of hydrogen-bond acceptors (Lipinski definition) is 3. The van der Waals surface area contributed by atoms with Gasteiger partial charge in [-0.25, -0.2) is 0 Å². The first-order valence-corrected chi connectivity index (χ1v) is 6.80. The lowest BCUT2D eigenvalue weighted by Gasteiger charge is -2.16. The third-order valence-electron chi connectivity index (χ3n) is 2.58. The topological polar surface area (TPSA) is 38.0 Å². The van der Waals surface area contributed by atoms with Gasteiger partial charge in [0.2, 0.25) is 0 Å². The van der Waals surface area contributed by atoms with Gasteiger partial charge in [-0.05, 0) is 47.9 Å². The summed E-state index contributed by atoms with van der Waals surface area (Å²) >= 11 is 7.70. The van der Waals surface area contributed by atoms with Gasteiger partial charge >= 0.3 is 0 Å². The second-order valence-electron chi connectivity index (χ2n) is 4.08. The predicted octanol–water partition coefficient (Wildman–Crippen LogP) is 4.03. The second-order valence-corrected chi connectivity index (χ2v) is 5.27. The van der Waals surface area contributed by atoms with Gasteiger partial charge in [-0.15, -0.1) is 0 Å². The van der Waals surface area contributed by atoms with Gasteiger partial charge in [-0.3, -0.25) is 0 Å². The van der Waals surface area contributed by atoms with Gasteiger partial charge in [-0.1, -0.05) is 17.7 Å². The first-order chi connectivity index (χ1) is 8.16. The molecule has 0 aliphatic rings. The van der Waals surface area contributed by atoms with Crippen LogP contribution in [0, 0.1) is 0 Å². The second kappa shape index (κ2) is 5.43. The normalized spacial score (nSPS) is 12.4. The molecular formula is C13H15ClN2S. The average Bonchev–Trinajstić information content (AvgIpc) is 2.77. The minimum Gasteiger partial charge on any atom is -0.396 e. The maximum absolute atomic E-state index is 5.98. The van der Waals surface area contributed by atoms with Gasteiger partial charge in [0.15, 0.2) is 0 Å². The lowest BCUT2D eigenvalue weighted by Crippen LogP contribution is -2.18. The van der Waals surface area contributed by atoms with Crippen molar-refractivity contribution in [3.63, 3.8) is 0 Å². The fourth-order valence-corrected chi connectivity index (χ4v) is 2.60. The van der Waals surface area contributed by atoms with Crippen LogP contribution in [-0.4, -0.2) is 6.04 Å². The summed E-state index contributed by atoms with van der Waals surface area (Å²) in [6.45, 7) is 2.14. The Hall–Kier alpha value is -1.19. The van der Waals surface area contributed by atoms with Crippen LogP contribution in [0.4, 0.5) is 11.4 Å². The van der Waals surface area contributed by atoms with Gasteiger partial charge in [0.25, 0.3) is 0 Å². The van der Waals surface area contributed by atoms with E-state index in [9.17, 15) is 0 Å². The third-order valence-corrected chi connectivity index (χ3v) is 3.64. The van der Waals surface area contributed by atoms with Crippen molar-refractivity contribution in [1.82, 2.24) is 0 Å². The predicted molar refractivity (Wildman–Crippen MR) is 77.0 cm³/mol. The van der Waals surface area contributed by atoms with Gasteiger partial charge in [0.1, 0.15) is 0 Å². The average molecular weight is 267 g/mol. The molecule has 17 heavy (non-hydrogen) atoms. The molecule has 1 atom stereocenters. The van der Waals surface area contributed by atoms with Crippen LogP contribution in [0.15, 0.2) is 35.0 Å². The molecule has 0 saturated heterocycles. The summed E-state index contributed by atoms with van der Waals surface area (Å²) in [6.07, 6.45) is 0.982. The Morgan fingerprint density at radius 1 is 1.41 bits per heavy atom. The minimum atomic E-state index is 0.324. The van der Waals surface area contributed by atoms with Gasteiger partial charge in [0.05, 0.1) is 16.4 Å². The number of halogens is 1. The summed E-state index contributed by atoms with van der Waals surface area (Å²) in [6, 6.07) is 8.12. The summed E-state index contributed by atoms with van der Waals surface area (Å²) in [5.74, 6) is 0. The quantitative estimate of drug-likeness (QED) is 0.820. The van der Waals surface area contributed by atoms with Crippen molar-refractivity contribution >= 4 is 34.3 Å². The SMILES string of the molecule is CC(Cc1ccsc1)Nc1cccc(Cl)c1N. The molecule has 1 unspecified atom stereocenters. The summed E-state index contributed by atoms with van der Waals surface area (Å²) in [5, 5.41) is 8.24. The molecule has 0 fully saturated rings. The molecule has 2 aromatic rings. The number of nitrogens with one attached hydrogen (secondary N) is 1. The fraction of sp³-hybridized carbons (Fsp3) is 0.231. The van der Waals surface area contributed by atoms with Crippen LogP contribution in [0.25, 0.3) is 0 Å². The summed E-state index contributed by atoms with van der Waals surface area (Å²) in [7, 11) is 0. The van der Waals surface area contributed by atoms with Gasteiger partial charge < -0.3 is 11.1 Å². The number of anilines is 2. The van der Waals surface area contributed by atoms with Gasteiger partial charge in [0, 0.05) is 6.04 Å². The highest BCUT2D eigenvalue weighted by Gasteiger charge is 2.07. The molecule has 0 spiro atoms. The lowest BCUT2D eigenvalue weighted by molar-refractivity contribution is 0.793. The Morgan fingerprint density at radius 2 is 2.24 bits per heavy atom. The van der Waals surface area contributed by atoms with Crippen molar-refractivity contribution in [2.24, 2.45) is 0 Å². The zero-order valence-electron chi connectivity index (χ0n) is 9.61. The van der Waals surface area contributed by atoms with E-state index < -0.39 is 0 Å². The summed E-state index contributed by atoms with van der Waals surface area (Å²) < 4.78 is 0. The van der Waals surface area contributed by atoms with E-state index in [1.54, 1.807) is 17.4 Å². The summed E-state index contributed by atoms with van der Waals surface area (Å²) in [5.41, 5.74) is 8.77. The Morgan fingerprint density at radius 3 is 2.94 bits per heavy atom. The molecule has 1 aromatic carbocycles. The van der Waals surface area contributed by atoms with Crippen molar-refractivity contribution in [2.75, 3.05) is 11.1 Å². The van der Waals surface area contributed by atoms with E-state index in [0.29, 0.717) is 16.8 Å². The van der Waals surface area contributed by atoms with Crippen LogP contribution in [0.5, 0.6) is 0 Å². The Labute approximate surface area is 110 Å². The molecule has 0 bridgehead atoms. The number of hydrogen-bond donors (Lipinski definition) is 2. The molecule has 0 aliphatic carbocycles. The molecule has 2 rings (SSSR count). The molecule has 0 saturated carbocycles. The lowest BCUT2D eigenvalue weighted by atomic mass is 10.1. The highest BCUT2D eigenvalue weighted by Crippen LogP contribution is 2.27. The van der Waals surface area contributed by atoms with Crippen molar-refractivity contribution in [3.05, 3.63) is 45.6 Å². The van der Waals surface area contributed by atoms with Gasteiger partial charge in [-0.2, -0.15) is 11.3 Å². The van der Waals surface area contributed by atoms with Crippen molar-refractivity contribution in [1.29, 1.82) is 0 Å². The Balaban J connectivity index is 2.03. The number of nitrogen functional groups attached to an aromatic ring is 1. The molecule has 1 heterocycles. The van der Waals surface area contributed by atoms with Crippen molar-refractivity contribution in [3.8, 4) is 0 Å². The Bertz CT molecular complexity index is 482. The van der Waals surface area contributed by atoms with E-state index in [1.165, 1.54) is 5.56 Å². The number of nitrogens with two attached hydrogens (primary N) is 1. The number of thiophene rings is 1. The molecule has 90 valence electrons. The van der Waals surface area contributed by atoms with E-state index >= 15 is 0 Å². The smallest absolute Gasteiger partial charge is 0.0739 e. The van der Waals surface area contributed by atoms with Crippen LogP contribution in [0.3, 0.4) is 0 Å². The maximum atomic E-state index is 5.98. The van der Waals surface area contributed by atoms with E-state index in [2.05, 4.69) is 29.1 Å². The fourth-order valence-electron chi connectivity index (χ4n) is 1.74. The number of rotatable bonds is 4. The maximum Gasteiger partial charge on any atom is 0.0739 e. The molecule has 1 aromatic heterocycles. The largest absolute Gasteiger partial charge is 0.396 e. The summed E-state index contributed by atoms with van der Waals surface area (Å²) in [4.78, 5) is 0.